The number of carbonyl (C=O) groups is 4. The van der Waals surface area contributed by atoms with Crippen molar-refractivity contribution in [3.63, 3.8) is 0 Å². The molecular weight excluding hydrogens is 640 g/mol. The number of hydrogen-bond acceptors (Lipinski definition) is 13. The molecule has 13 nitrogen and oxygen atoms in total. The maximum atomic E-state index is 13.7. The molecule has 4 saturated heterocycles. The van der Waals surface area contributed by atoms with Gasteiger partial charge in [-0.3, -0.25) is 9.59 Å². The molecule has 1 aromatic rings. The van der Waals surface area contributed by atoms with Gasteiger partial charge in [0.2, 0.25) is 0 Å². The van der Waals surface area contributed by atoms with Crippen LogP contribution in [0.25, 0.3) is 0 Å². The highest BCUT2D eigenvalue weighted by atomic mass is 16.7. The normalized spacial score (nSPS) is 44.8. The second-order valence-corrected chi connectivity index (χ2v) is 16.1. The number of esters is 4. The third-order valence-corrected chi connectivity index (χ3v) is 12.7. The Morgan fingerprint density at radius 3 is 2.22 bits per heavy atom. The fourth-order valence-electron chi connectivity index (χ4n) is 10.2. The van der Waals surface area contributed by atoms with Crippen LogP contribution in [0.5, 0.6) is 0 Å². The average molecular weight is 687 g/mol. The molecule has 0 radical (unpaired) electrons. The number of hydrogen-bond donors (Lipinski definition) is 2. The van der Waals surface area contributed by atoms with Gasteiger partial charge >= 0.3 is 23.9 Å². The maximum absolute atomic E-state index is 13.7. The summed E-state index contributed by atoms with van der Waals surface area (Å²) in [6.07, 6.45) is -4.56. The van der Waals surface area contributed by atoms with Gasteiger partial charge in [-0.15, -0.1) is 0 Å². The zero-order chi connectivity index (χ0) is 35.6. The zero-order valence-electron chi connectivity index (χ0n) is 28.9. The van der Waals surface area contributed by atoms with Crippen molar-refractivity contribution in [2.24, 2.45) is 34.5 Å². The summed E-state index contributed by atoms with van der Waals surface area (Å²) in [5, 5.41) is 21.6. The van der Waals surface area contributed by atoms with Crippen molar-refractivity contribution in [2.45, 2.75) is 121 Å². The number of rotatable bonds is 7. The highest BCUT2D eigenvalue weighted by Crippen LogP contribution is 2.78. The summed E-state index contributed by atoms with van der Waals surface area (Å²) in [6.45, 7) is 16.9. The van der Waals surface area contributed by atoms with E-state index in [-0.39, 0.29) is 19.4 Å². The van der Waals surface area contributed by atoms with E-state index in [1.807, 2.05) is 13.8 Å². The molecule has 2 unspecified atom stereocenters. The third kappa shape index (κ3) is 4.50. The number of cyclic esters (lactones) is 1. The lowest BCUT2D eigenvalue weighted by Gasteiger charge is -2.56. The smallest absolute Gasteiger partial charge is 0.335 e. The Labute approximate surface area is 284 Å². The van der Waals surface area contributed by atoms with Crippen molar-refractivity contribution >= 4 is 23.9 Å². The van der Waals surface area contributed by atoms with Crippen LogP contribution < -0.4 is 0 Å². The van der Waals surface area contributed by atoms with Gasteiger partial charge in [0.15, 0.2) is 12.2 Å². The minimum Gasteiger partial charge on any atom is -0.472 e. The number of aliphatic hydroxyl groups excluding tert-OH is 2. The molecule has 2 N–H and O–H groups in total. The highest BCUT2D eigenvalue weighted by Gasteiger charge is 2.89. The van der Waals surface area contributed by atoms with E-state index in [1.165, 1.54) is 12.5 Å². The number of aliphatic hydroxyl groups is 2. The first-order chi connectivity index (χ1) is 22.9. The fraction of sp³-hybridized carbons (Fsp3) is 0.722. The Kier molecular flexibility index (Phi) is 7.76. The number of furan rings is 1. The summed E-state index contributed by atoms with van der Waals surface area (Å²) in [7, 11) is 0. The predicted octanol–water partition coefficient (Wildman–Crippen LogP) is 2.61. The molecule has 5 heterocycles. The summed E-state index contributed by atoms with van der Waals surface area (Å²) in [4.78, 5) is 53.3. The van der Waals surface area contributed by atoms with Crippen LogP contribution in [0.4, 0.5) is 0 Å². The predicted molar refractivity (Wildman–Crippen MR) is 166 cm³/mol. The molecule has 7 rings (SSSR count). The Hall–Kier alpha value is -3.26. The lowest BCUT2D eigenvalue weighted by molar-refractivity contribution is -0.206. The molecule has 6 fully saturated rings. The van der Waals surface area contributed by atoms with Crippen LogP contribution in [0.3, 0.4) is 0 Å². The molecule has 49 heavy (non-hydrogen) atoms. The molecule has 14 atom stereocenters. The van der Waals surface area contributed by atoms with Gasteiger partial charge in [-0.25, -0.2) is 9.59 Å². The molecule has 0 aromatic carbocycles. The summed E-state index contributed by atoms with van der Waals surface area (Å²) in [5.74, 6) is -5.45. The second-order valence-electron chi connectivity index (χ2n) is 16.1. The molecule has 268 valence electrons. The maximum Gasteiger partial charge on any atom is 0.335 e. The summed E-state index contributed by atoms with van der Waals surface area (Å²) < 4.78 is 42.9. The fourth-order valence-corrected chi connectivity index (χ4v) is 10.2. The first-order valence-electron chi connectivity index (χ1n) is 17.1. The quantitative estimate of drug-likeness (QED) is 0.185. The molecule has 13 heteroatoms. The van der Waals surface area contributed by atoms with E-state index in [9.17, 15) is 29.4 Å². The van der Waals surface area contributed by atoms with Crippen molar-refractivity contribution in [3.8, 4) is 0 Å². The molecule has 1 aromatic heterocycles. The van der Waals surface area contributed by atoms with Crippen LogP contribution in [0, 0.1) is 34.5 Å². The van der Waals surface area contributed by atoms with Crippen molar-refractivity contribution < 1.29 is 62.2 Å². The molecular formula is C36H46O13. The second kappa shape index (κ2) is 11.1. The van der Waals surface area contributed by atoms with Gasteiger partial charge in [-0.05, 0) is 36.0 Å². The first kappa shape index (κ1) is 34.2. The minimum atomic E-state index is -1.46. The largest absolute Gasteiger partial charge is 0.472 e. The lowest BCUT2D eigenvalue weighted by Crippen LogP contribution is -2.65. The van der Waals surface area contributed by atoms with Gasteiger partial charge in [0.1, 0.15) is 42.2 Å². The molecule has 2 saturated carbocycles. The Morgan fingerprint density at radius 2 is 1.61 bits per heavy atom. The summed E-state index contributed by atoms with van der Waals surface area (Å²) in [6, 6.07) is 1.74. The van der Waals surface area contributed by atoms with Crippen LogP contribution in [0.15, 0.2) is 35.2 Å². The Balaban J connectivity index is 1.40. The van der Waals surface area contributed by atoms with E-state index in [0.717, 1.165) is 0 Å². The van der Waals surface area contributed by atoms with Crippen LogP contribution >= 0.6 is 0 Å². The van der Waals surface area contributed by atoms with E-state index in [4.69, 9.17) is 32.8 Å². The van der Waals surface area contributed by atoms with Crippen LogP contribution in [0.2, 0.25) is 0 Å². The van der Waals surface area contributed by atoms with Crippen LogP contribution in [-0.4, -0.2) is 94.6 Å². The van der Waals surface area contributed by atoms with Gasteiger partial charge < -0.3 is 43.1 Å². The van der Waals surface area contributed by atoms with Crippen LogP contribution in [0.1, 0.15) is 72.8 Å². The van der Waals surface area contributed by atoms with Crippen molar-refractivity contribution in [3.05, 3.63) is 36.3 Å². The molecule has 4 aliphatic heterocycles. The number of epoxide rings is 1. The molecule has 2 aliphatic carbocycles. The minimum absolute atomic E-state index is 0.0489. The lowest BCUT2D eigenvalue weighted by atomic mass is 9.49. The van der Waals surface area contributed by atoms with E-state index >= 15 is 0 Å². The number of carbonyl (C=O) groups excluding carboxylic acids is 4. The van der Waals surface area contributed by atoms with E-state index in [2.05, 4.69) is 6.58 Å². The van der Waals surface area contributed by atoms with Crippen molar-refractivity contribution in [2.75, 3.05) is 6.61 Å². The summed E-state index contributed by atoms with van der Waals surface area (Å²) >= 11 is 0. The van der Waals surface area contributed by atoms with Gasteiger partial charge in [-0.1, -0.05) is 48.1 Å². The van der Waals surface area contributed by atoms with Crippen LogP contribution in [-0.2, 0) is 47.6 Å². The Morgan fingerprint density at radius 1 is 0.959 bits per heavy atom. The summed E-state index contributed by atoms with van der Waals surface area (Å²) in [5.41, 5.74) is -3.38. The molecule has 0 amide bonds. The topological polar surface area (TPSA) is 181 Å². The molecule has 6 aliphatic rings. The van der Waals surface area contributed by atoms with Crippen molar-refractivity contribution in [1.29, 1.82) is 0 Å². The third-order valence-electron chi connectivity index (χ3n) is 12.7. The average Bonchev–Trinajstić information content (AvgIpc) is 3.34. The van der Waals surface area contributed by atoms with Gasteiger partial charge in [0.25, 0.3) is 0 Å². The van der Waals surface area contributed by atoms with E-state index in [0.29, 0.717) is 11.1 Å². The standard InChI is InChI=1S/C36H46O13/c1-15(2)25(39)31(41)46-28-24(18-9-10-43-13-18)35(8)29(47-32(42)26(40)16(3)4)27-23(17(5)36(35)30(28)49-36)34(7)19-11-21(37)44-14-33(19,6)48-22(38)12-20(34)45-27/h9-10,13,15-16,19-20,23-30,39-40H,5,11-12,14H2,1-4,6-8H3/t19-,20-,23+,24+,25?,26?,27+,28+,29-,30+,33-,34+,35+,36+/m0/s1. The van der Waals surface area contributed by atoms with Gasteiger partial charge in [0, 0.05) is 23.2 Å². The molecule has 1 spiro atoms. The first-order valence-corrected chi connectivity index (χ1v) is 17.1. The number of ether oxygens (including phenoxy) is 6. The highest BCUT2D eigenvalue weighted by molar-refractivity contribution is 5.77. The molecule has 0 bridgehead atoms. The monoisotopic (exact) mass is 686 g/mol. The Bertz CT molecular complexity index is 1570. The SMILES string of the molecule is C=C1[C@@H]2[C@@H](O[C@H]3CC(=O)O[C@@]4(C)COC(=O)C[C@@H]4[C@]32C)[C@H](OC(=O)C(O)C(C)C)[C@@]2(C)[C@H](c3ccoc3)[C@@H](OC(=O)C(O)C(C)C)[C@H]3O[C@]132. The number of fused-ring (bicyclic) bond motifs is 5. The van der Waals surface area contributed by atoms with Crippen molar-refractivity contribution in [1.82, 2.24) is 0 Å². The van der Waals surface area contributed by atoms with Gasteiger partial charge in [-0.2, -0.15) is 0 Å². The van der Waals surface area contributed by atoms with E-state index < -0.39 is 118 Å². The zero-order valence-corrected chi connectivity index (χ0v) is 28.9. The van der Waals surface area contributed by atoms with Gasteiger partial charge in [0.05, 0.1) is 36.9 Å². The van der Waals surface area contributed by atoms with E-state index in [1.54, 1.807) is 40.7 Å².